The van der Waals surface area contributed by atoms with Gasteiger partial charge in [0.2, 0.25) is 5.95 Å². The Morgan fingerprint density at radius 2 is 2.40 bits per heavy atom. The maximum atomic E-state index is 11.4. The van der Waals surface area contributed by atoms with Gasteiger partial charge in [0.15, 0.2) is 6.19 Å². The van der Waals surface area contributed by atoms with Gasteiger partial charge in [-0.15, -0.1) is 0 Å². The van der Waals surface area contributed by atoms with Crippen molar-refractivity contribution >= 4 is 11.9 Å². The van der Waals surface area contributed by atoms with Gasteiger partial charge in [0, 0.05) is 5.56 Å². The largest absolute Gasteiger partial charge is 0.481 e. The number of aromatic amines is 1. The van der Waals surface area contributed by atoms with Crippen LogP contribution in [0.25, 0.3) is 0 Å². The third-order valence-electron chi connectivity index (χ3n) is 1.72. The van der Waals surface area contributed by atoms with E-state index in [4.69, 9.17) is 10.4 Å². The van der Waals surface area contributed by atoms with E-state index in [9.17, 15) is 9.59 Å². The van der Waals surface area contributed by atoms with Crippen molar-refractivity contribution in [2.75, 3.05) is 5.32 Å². The molecule has 0 atom stereocenters. The number of carboxylic acid groups (broad SMARTS) is 1. The second-order valence-corrected chi connectivity index (χ2v) is 2.79. The lowest BCUT2D eigenvalue weighted by Crippen LogP contribution is -2.20. The minimum Gasteiger partial charge on any atom is -0.481 e. The monoisotopic (exact) mass is 208 g/mol. The van der Waals surface area contributed by atoms with Crippen LogP contribution in [0, 0.1) is 18.4 Å². The molecule has 0 spiro atoms. The van der Waals surface area contributed by atoms with Crippen LogP contribution in [0.5, 0.6) is 0 Å². The van der Waals surface area contributed by atoms with Crippen LogP contribution in [0.4, 0.5) is 5.95 Å². The van der Waals surface area contributed by atoms with Gasteiger partial charge in [0.05, 0.1) is 12.1 Å². The molecule has 1 aromatic heterocycles. The van der Waals surface area contributed by atoms with Gasteiger partial charge in [-0.2, -0.15) is 5.26 Å². The molecule has 0 aliphatic rings. The van der Waals surface area contributed by atoms with Crippen molar-refractivity contribution in [1.29, 1.82) is 5.26 Å². The van der Waals surface area contributed by atoms with E-state index in [0.29, 0.717) is 5.69 Å². The first-order valence-electron chi connectivity index (χ1n) is 4.01. The van der Waals surface area contributed by atoms with E-state index < -0.39 is 11.5 Å². The second kappa shape index (κ2) is 4.23. The SMILES string of the molecule is Cc1nc(NC#N)[nH]c(=O)c1CC(=O)O. The Morgan fingerprint density at radius 1 is 1.73 bits per heavy atom. The number of carboxylic acids is 1. The maximum absolute atomic E-state index is 11.4. The van der Waals surface area contributed by atoms with E-state index in [1.807, 2.05) is 0 Å². The Balaban J connectivity index is 3.17. The van der Waals surface area contributed by atoms with Crippen LogP contribution in [0.3, 0.4) is 0 Å². The molecule has 0 amide bonds. The number of nitrogens with zero attached hydrogens (tertiary/aromatic N) is 2. The first-order valence-corrected chi connectivity index (χ1v) is 4.01. The van der Waals surface area contributed by atoms with Crippen LogP contribution in [0.15, 0.2) is 4.79 Å². The highest BCUT2D eigenvalue weighted by atomic mass is 16.4. The van der Waals surface area contributed by atoms with E-state index in [2.05, 4.69) is 15.3 Å². The molecule has 0 aliphatic carbocycles. The van der Waals surface area contributed by atoms with Crippen molar-refractivity contribution in [3.05, 3.63) is 21.6 Å². The summed E-state index contributed by atoms with van der Waals surface area (Å²) in [6.07, 6.45) is 1.21. The van der Waals surface area contributed by atoms with E-state index in [1.54, 1.807) is 6.19 Å². The van der Waals surface area contributed by atoms with Gasteiger partial charge in [0.25, 0.3) is 5.56 Å². The zero-order valence-electron chi connectivity index (χ0n) is 7.87. The van der Waals surface area contributed by atoms with Crippen LogP contribution in [-0.4, -0.2) is 21.0 Å². The molecule has 78 valence electrons. The van der Waals surface area contributed by atoms with Crippen molar-refractivity contribution in [3.8, 4) is 6.19 Å². The molecule has 0 saturated carbocycles. The molecule has 0 aliphatic heterocycles. The van der Waals surface area contributed by atoms with Gasteiger partial charge < -0.3 is 5.11 Å². The summed E-state index contributed by atoms with van der Waals surface area (Å²) in [5, 5.41) is 19.0. The van der Waals surface area contributed by atoms with Crippen LogP contribution in [0.1, 0.15) is 11.3 Å². The number of H-pyrrole nitrogens is 1. The number of aliphatic carboxylic acids is 1. The lowest BCUT2D eigenvalue weighted by Gasteiger charge is -2.03. The predicted molar refractivity (Wildman–Crippen MR) is 50.2 cm³/mol. The van der Waals surface area contributed by atoms with Crippen molar-refractivity contribution in [1.82, 2.24) is 9.97 Å². The molecule has 7 heteroatoms. The summed E-state index contributed by atoms with van der Waals surface area (Å²) in [4.78, 5) is 27.9. The summed E-state index contributed by atoms with van der Waals surface area (Å²) in [5.74, 6) is -1.10. The fourth-order valence-electron chi connectivity index (χ4n) is 1.08. The molecule has 0 saturated heterocycles. The Kier molecular flexibility index (Phi) is 3.03. The summed E-state index contributed by atoms with van der Waals surface area (Å²) in [7, 11) is 0. The number of aryl methyl sites for hydroxylation is 1. The van der Waals surface area contributed by atoms with Gasteiger partial charge in [-0.05, 0) is 6.92 Å². The second-order valence-electron chi connectivity index (χ2n) is 2.79. The van der Waals surface area contributed by atoms with E-state index in [0.717, 1.165) is 0 Å². The fourth-order valence-corrected chi connectivity index (χ4v) is 1.08. The third-order valence-corrected chi connectivity index (χ3v) is 1.72. The van der Waals surface area contributed by atoms with E-state index >= 15 is 0 Å². The Morgan fingerprint density at radius 3 is 2.87 bits per heavy atom. The lowest BCUT2D eigenvalue weighted by molar-refractivity contribution is -0.136. The first kappa shape index (κ1) is 10.7. The fraction of sp³-hybridized carbons (Fsp3) is 0.250. The quantitative estimate of drug-likeness (QED) is 0.459. The summed E-state index contributed by atoms with van der Waals surface area (Å²) in [5.41, 5.74) is -0.174. The molecular formula is C8H8N4O3. The van der Waals surface area contributed by atoms with E-state index in [1.165, 1.54) is 6.92 Å². The minimum absolute atomic E-state index is 0.00846. The molecule has 1 rings (SSSR count). The number of hydrogen-bond donors (Lipinski definition) is 3. The van der Waals surface area contributed by atoms with Crippen LogP contribution < -0.4 is 10.9 Å². The Hall–Kier alpha value is -2.36. The standard InChI is InChI=1S/C8H8N4O3/c1-4-5(2-6(13)14)7(15)12-8(11-4)10-3-9/h2H2,1H3,(H,13,14)(H2,10,11,12,15). The maximum Gasteiger partial charge on any atom is 0.308 e. The van der Waals surface area contributed by atoms with Crippen molar-refractivity contribution in [3.63, 3.8) is 0 Å². The molecule has 0 bridgehead atoms. The topological polar surface area (TPSA) is 119 Å². The predicted octanol–water partition coefficient (Wildman–Crippen LogP) is -0.402. The van der Waals surface area contributed by atoms with Gasteiger partial charge in [-0.1, -0.05) is 0 Å². The molecule has 7 nitrogen and oxygen atoms in total. The Bertz CT molecular complexity index is 486. The zero-order chi connectivity index (χ0) is 11.4. The molecule has 0 aromatic carbocycles. The number of nitriles is 1. The molecule has 3 N–H and O–H groups in total. The summed E-state index contributed by atoms with van der Waals surface area (Å²) in [6, 6.07) is 0. The summed E-state index contributed by atoms with van der Waals surface area (Å²) < 4.78 is 0. The van der Waals surface area contributed by atoms with Gasteiger partial charge in [-0.25, -0.2) is 4.98 Å². The van der Waals surface area contributed by atoms with Crippen LogP contribution in [0.2, 0.25) is 0 Å². The number of nitrogens with one attached hydrogen (secondary N) is 2. The highest BCUT2D eigenvalue weighted by molar-refractivity contribution is 5.70. The van der Waals surface area contributed by atoms with Crippen molar-refractivity contribution < 1.29 is 9.90 Å². The van der Waals surface area contributed by atoms with E-state index in [-0.39, 0.29) is 17.9 Å². The number of rotatable bonds is 3. The number of anilines is 1. The summed E-state index contributed by atoms with van der Waals surface area (Å²) in [6.45, 7) is 1.51. The highest BCUT2D eigenvalue weighted by Crippen LogP contribution is 2.02. The average molecular weight is 208 g/mol. The normalized spacial score (nSPS) is 9.33. The van der Waals surface area contributed by atoms with Gasteiger partial charge in [-0.3, -0.25) is 19.9 Å². The summed E-state index contributed by atoms with van der Waals surface area (Å²) >= 11 is 0. The number of carbonyl (C=O) groups is 1. The van der Waals surface area contributed by atoms with Crippen molar-refractivity contribution in [2.24, 2.45) is 0 Å². The Labute approximate surface area is 84.4 Å². The lowest BCUT2D eigenvalue weighted by atomic mass is 10.2. The van der Waals surface area contributed by atoms with Crippen molar-refractivity contribution in [2.45, 2.75) is 13.3 Å². The number of aromatic nitrogens is 2. The molecule has 1 heterocycles. The molecule has 0 radical (unpaired) electrons. The number of hydrogen-bond acceptors (Lipinski definition) is 5. The first-order chi connectivity index (χ1) is 7.04. The molecule has 15 heavy (non-hydrogen) atoms. The molecule has 0 unspecified atom stereocenters. The molecule has 0 fully saturated rings. The smallest absolute Gasteiger partial charge is 0.308 e. The minimum atomic E-state index is -1.11. The van der Waals surface area contributed by atoms with Crippen LogP contribution in [-0.2, 0) is 11.2 Å². The van der Waals surface area contributed by atoms with Gasteiger partial charge >= 0.3 is 5.97 Å². The molecular weight excluding hydrogens is 200 g/mol. The zero-order valence-corrected chi connectivity index (χ0v) is 7.87. The third kappa shape index (κ3) is 2.54. The van der Waals surface area contributed by atoms with Crippen LogP contribution >= 0.6 is 0 Å². The highest BCUT2D eigenvalue weighted by Gasteiger charge is 2.11. The van der Waals surface area contributed by atoms with Gasteiger partial charge in [0.1, 0.15) is 0 Å². The molecule has 1 aromatic rings. The average Bonchev–Trinajstić information content (AvgIpc) is 2.11.